The van der Waals surface area contributed by atoms with Crippen LogP contribution in [0, 0.1) is 0 Å². The third kappa shape index (κ3) is 4.56. The Bertz CT molecular complexity index is 463. The van der Waals surface area contributed by atoms with E-state index in [1.165, 1.54) is 6.33 Å². The SMILES string of the molecule is CCCOc1cc(NC(C)C(=O)N2CCOCC2)ncn1. The van der Waals surface area contributed by atoms with E-state index >= 15 is 0 Å². The number of anilines is 1. The zero-order valence-electron chi connectivity index (χ0n) is 12.5. The molecule has 7 heteroatoms. The van der Waals surface area contributed by atoms with E-state index in [-0.39, 0.29) is 11.9 Å². The number of aromatic nitrogens is 2. The third-order valence-electron chi connectivity index (χ3n) is 3.15. The summed E-state index contributed by atoms with van der Waals surface area (Å²) in [6.07, 6.45) is 2.35. The standard InChI is InChI=1S/C14H22N4O3/c1-3-6-21-13-9-12(15-10-16-13)17-11(2)14(19)18-4-7-20-8-5-18/h9-11H,3-8H2,1-2H3,(H,15,16,17). The lowest BCUT2D eigenvalue weighted by molar-refractivity contribution is -0.135. The predicted molar refractivity (Wildman–Crippen MR) is 78.3 cm³/mol. The van der Waals surface area contributed by atoms with E-state index in [4.69, 9.17) is 9.47 Å². The molecule has 0 aliphatic carbocycles. The number of hydrogen-bond donors (Lipinski definition) is 1. The molecule has 1 aliphatic rings. The van der Waals surface area contributed by atoms with Crippen LogP contribution >= 0.6 is 0 Å². The van der Waals surface area contributed by atoms with Gasteiger partial charge in [0.1, 0.15) is 18.2 Å². The van der Waals surface area contributed by atoms with Gasteiger partial charge in [0.2, 0.25) is 11.8 Å². The van der Waals surface area contributed by atoms with E-state index in [1.54, 1.807) is 11.0 Å². The van der Waals surface area contributed by atoms with E-state index in [0.29, 0.717) is 44.6 Å². The molecule has 7 nitrogen and oxygen atoms in total. The monoisotopic (exact) mass is 294 g/mol. The highest BCUT2D eigenvalue weighted by atomic mass is 16.5. The van der Waals surface area contributed by atoms with Crippen molar-refractivity contribution >= 4 is 11.7 Å². The summed E-state index contributed by atoms with van der Waals surface area (Å²) < 4.78 is 10.7. The fourth-order valence-corrected chi connectivity index (χ4v) is 2.05. The molecule has 0 aromatic carbocycles. The average Bonchev–Trinajstić information content (AvgIpc) is 2.53. The predicted octanol–water partition coefficient (Wildman–Crippen LogP) is 0.925. The molecular formula is C14H22N4O3. The van der Waals surface area contributed by atoms with Gasteiger partial charge in [0.05, 0.1) is 19.8 Å². The number of carbonyl (C=O) groups is 1. The van der Waals surface area contributed by atoms with Gasteiger partial charge in [-0.1, -0.05) is 6.92 Å². The van der Waals surface area contributed by atoms with Gasteiger partial charge in [0.15, 0.2) is 0 Å². The molecule has 1 aliphatic heterocycles. The number of rotatable bonds is 6. The molecule has 1 saturated heterocycles. The molecule has 116 valence electrons. The molecule has 0 radical (unpaired) electrons. The number of ether oxygens (including phenoxy) is 2. The Morgan fingerprint density at radius 3 is 2.95 bits per heavy atom. The van der Waals surface area contributed by atoms with Crippen molar-refractivity contribution in [3.8, 4) is 5.88 Å². The topological polar surface area (TPSA) is 76.6 Å². The van der Waals surface area contributed by atoms with Crippen molar-refractivity contribution < 1.29 is 14.3 Å². The molecule has 2 heterocycles. The molecule has 1 aromatic heterocycles. The fourth-order valence-electron chi connectivity index (χ4n) is 2.05. The van der Waals surface area contributed by atoms with E-state index < -0.39 is 0 Å². The zero-order chi connectivity index (χ0) is 15.1. The maximum atomic E-state index is 12.3. The Labute approximate surface area is 124 Å². The van der Waals surface area contributed by atoms with Crippen molar-refractivity contribution in [2.45, 2.75) is 26.3 Å². The summed E-state index contributed by atoms with van der Waals surface area (Å²) in [5.74, 6) is 1.15. The van der Waals surface area contributed by atoms with Crippen LogP contribution in [0.25, 0.3) is 0 Å². The number of nitrogens with zero attached hydrogens (tertiary/aromatic N) is 3. The van der Waals surface area contributed by atoms with Gasteiger partial charge in [0.25, 0.3) is 0 Å². The van der Waals surface area contributed by atoms with Crippen LogP contribution in [0.15, 0.2) is 12.4 Å². The smallest absolute Gasteiger partial charge is 0.244 e. The molecule has 1 atom stereocenters. The minimum absolute atomic E-state index is 0.0490. The Balaban J connectivity index is 1.91. The summed E-state index contributed by atoms with van der Waals surface area (Å²) >= 11 is 0. The molecule has 0 saturated carbocycles. The van der Waals surface area contributed by atoms with Gasteiger partial charge in [-0.05, 0) is 13.3 Å². The fraction of sp³-hybridized carbons (Fsp3) is 0.643. The van der Waals surface area contributed by atoms with Crippen LogP contribution in [-0.2, 0) is 9.53 Å². The number of amides is 1. The van der Waals surface area contributed by atoms with Crippen molar-refractivity contribution in [1.82, 2.24) is 14.9 Å². The number of hydrogen-bond acceptors (Lipinski definition) is 6. The second-order valence-electron chi connectivity index (χ2n) is 4.89. The summed E-state index contributed by atoms with van der Waals surface area (Å²) in [7, 11) is 0. The first kappa shape index (κ1) is 15.5. The molecule has 0 bridgehead atoms. The average molecular weight is 294 g/mol. The van der Waals surface area contributed by atoms with Crippen LogP contribution in [0.3, 0.4) is 0 Å². The highest BCUT2D eigenvalue weighted by molar-refractivity contribution is 5.84. The van der Waals surface area contributed by atoms with Gasteiger partial charge >= 0.3 is 0 Å². The first-order chi connectivity index (χ1) is 10.2. The van der Waals surface area contributed by atoms with Crippen LogP contribution in [0.5, 0.6) is 5.88 Å². The molecule has 1 N–H and O–H groups in total. The highest BCUT2D eigenvalue weighted by Crippen LogP contribution is 2.13. The van der Waals surface area contributed by atoms with Crippen LogP contribution in [-0.4, -0.2) is 59.7 Å². The Morgan fingerprint density at radius 2 is 2.24 bits per heavy atom. The maximum absolute atomic E-state index is 12.3. The minimum atomic E-state index is -0.350. The quantitative estimate of drug-likeness (QED) is 0.841. The van der Waals surface area contributed by atoms with Crippen molar-refractivity contribution in [2.75, 3.05) is 38.2 Å². The van der Waals surface area contributed by atoms with E-state index in [2.05, 4.69) is 15.3 Å². The van der Waals surface area contributed by atoms with Crippen molar-refractivity contribution in [3.63, 3.8) is 0 Å². The zero-order valence-corrected chi connectivity index (χ0v) is 12.5. The number of nitrogens with one attached hydrogen (secondary N) is 1. The minimum Gasteiger partial charge on any atom is -0.478 e. The van der Waals surface area contributed by atoms with E-state index in [1.807, 2.05) is 13.8 Å². The van der Waals surface area contributed by atoms with Crippen molar-refractivity contribution in [3.05, 3.63) is 12.4 Å². The summed E-state index contributed by atoms with van der Waals surface area (Å²) in [6, 6.07) is 1.36. The van der Waals surface area contributed by atoms with Crippen molar-refractivity contribution in [2.24, 2.45) is 0 Å². The number of carbonyl (C=O) groups excluding carboxylic acids is 1. The molecule has 1 unspecified atom stereocenters. The second-order valence-corrected chi connectivity index (χ2v) is 4.89. The summed E-state index contributed by atoms with van der Waals surface area (Å²) in [4.78, 5) is 22.2. The first-order valence-corrected chi connectivity index (χ1v) is 7.28. The molecule has 2 rings (SSSR count). The number of morpholine rings is 1. The molecule has 1 fully saturated rings. The summed E-state index contributed by atoms with van der Waals surface area (Å²) in [6.45, 7) is 6.94. The molecule has 1 amide bonds. The Hall–Kier alpha value is -1.89. The van der Waals surface area contributed by atoms with Crippen LogP contribution in [0.1, 0.15) is 20.3 Å². The largest absolute Gasteiger partial charge is 0.478 e. The highest BCUT2D eigenvalue weighted by Gasteiger charge is 2.22. The second kappa shape index (κ2) is 7.78. The third-order valence-corrected chi connectivity index (χ3v) is 3.15. The van der Waals surface area contributed by atoms with Crippen LogP contribution in [0.2, 0.25) is 0 Å². The lowest BCUT2D eigenvalue weighted by Crippen LogP contribution is -2.47. The Morgan fingerprint density at radius 1 is 1.48 bits per heavy atom. The van der Waals surface area contributed by atoms with Crippen molar-refractivity contribution in [1.29, 1.82) is 0 Å². The molecule has 0 spiro atoms. The molecular weight excluding hydrogens is 272 g/mol. The van der Waals surface area contributed by atoms with Gasteiger partial charge in [-0.15, -0.1) is 0 Å². The molecule has 1 aromatic rings. The van der Waals surface area contributed by atoms with Gasteiger partial charge in [0, 0.05) is 19.2 Å². The Kier molecular flexibility index (Phi) is 5.74. The van der Waals surface area contributed by atoms with Gasteiger partial charge < -0.3 is 19.7 Å². The normalized spacial score (nSPS) is 16.4. The van der Waals surface area contributed by atoms with Gasteiger partial charge in [-0.2, -0.15) is 0 Å². The maximum Gasteiger partial charge on any atom is 0.244 e. The lowest BCUT2D eigenvalue weighted by Gasteiger charge is -2.29. The van der Waals surface area contributed by atoms with Crippen LogP contribution in [0.4, 0.5) is 5.82 Å². The summed E-state index contributed by atoms with van der Waals surface area (Å²) in [5.41, 5.74) is 0. The lowest BCUT2D eigenvalue weighted by atomic mass is 10.2. The van der Waals surface area contributed by atoms with E-state index in [9.17, 15) is 4.79 Å². The summed E-state index contributed by atoms with van der Waals surface area (Å²) in [5, 5.41) is 3.09. The first-order valence-electron chi connectivity index (χ1n) is 7.28. The van der Waals surface area contributed by atoms with E-state index in [0.717, 1.165) is 6.42 Å². The van der Waals surface area contributed by atoms with Gasteiger partial charge in [-0.3, -0.25) is 4.79 Å². The van der Waals surface area contributed by atoms with Crippen LogP contribution < -0.4 is 10.1 Å². The van der Waals surface area contributed by atoms with Gasteiger partial charge in [-0.25, -0.2) is 9.97 Å². The molecule has 21 heavy (non-hydrogen) atoms.